The van der Waals surface area contributed by atoms with Crippen molar-refractivity contribution in [3.05, 3.63) is 65.5 Å². The Bertz CT molecular complexity index is 904. The van der Waals surface area contributed by atoms with Crippen molar-refractivity contribution in [3.8, 4) is 0 Å². The summed E-state index contributed by atoms with van der Waals surface area (Å²) < 4.78 is 28.6. The number of para-hydroxylation sites is 2. The van der Waals surface area contributed by atoms with Crippen molar-refractivity contribution in [2.24, 2.45) is 0 Å². The van der Waals surface area contributed by atoms with Gasteiger partial charge in [0.1, 0.15) is 24.0 Å². The fourth-order valence-electron chi connectivity index (χ4n) is 2.76. The summed E-state index contributed by atoms with van der Waals surface area (Å²) >= 11 is 0. The molecule has 0 radical (unpaired) electrons. The van der Waals surface area contributed by atoms with Crippen LogP contribution in [-0.2, 0) is 11.3 Å². The molecule has 1 atom stereocenters. The second-order valence-electron chi connectivity index (χ2n) is 5.69. The number of hydrogen-bond donors (Lipinski definition) is 1. The van der Waals surface area contributed by atoms with E-state index in [0.717, 1.165) is 22.9 Å². The molecule has 0 bridgehead atoms. The van der Waals surface area contributed by atoms with Crippen molar-refractivity contribution in [3.63, 3.8) is 0 Å². The molecular formula is C18H17F2N3O. The SMILES string of the molecule is Cc1nc2ccccc2n1CC(=O)NC(C)c1ccc(F)cc1F. The predicted octanol–water partition coefficient (Wildman–Crippen LogP) is 3.50. The summed E-state index contributed by atoms with van der Waals surface area (Å²) in [6, 6.07) is 10.3. The first-order valence-electron chi connectivity index (χ1n) is 7.62. The highest BCUT2D eigenvalue weighted by molar-refractivity contribution is 5.81. The summed E-state index contributed by atoms with van der Waals surface area (Å²) in [5.74, 6) is -0.855. The predicted molar refractivity (Wildman–Crippen MR) is 87.4 cm³/mol. The summed E-state index contributed by atoms with van der Waals surface area (Å²) in [6.45, 7) is 3.57. The van der Waals surface area contributed by atoms with Gasteiger partial charge in [0, 0.05) is 11.6 Å². The summed E-state index contributed by atoms with van der Waals surface area (Å²) in [6.07, 6.45) is 0. The number of halogens is 2. The second-order valence-corrected chi connectivity index (χ2v) is 5.69. The highest BCUT2D eigenvalue weighted by atomic mass is 19.1. The van der Waals surface area contributed by atoms with Gasteiger partial charge in [-0.25, -0.2) is 13.8 Å². The Morgan fingerprint density at radius 3 is 2.75 bits per heavy atom. The van der Waals surface area contributed by atoms with Crippen LogP contribution in [0, 0.1) is 18.6 Å². The molecule has 1 amide bonds. The van der Waals surface area contributed by atoms with Crippen molar-refractivity contribution in [1.82, 2.24) is 14.9 Å². The lowest BCUT2D eigenvalue weighted by Crippen LogP contribution is -2.30. The number of carbonyl (C=O) groups excluding carboxylic acids is 1. The van der Waals surface area contributed by atoms with Crippen LogP contribution in [0.1, 0.15) is 24.4 Å². The van der Waals surface area contributed by atoms with E-state index < -0.39 is 17.7 Å². The van der Waals surface area contributed by atoms with Crippen LogP contribution in [0.5, 0.6) is 0 Å². The van der Waals surface area contributed by atoms with Gasteiger partial charge >= 0.3 is 0 Å². The number of aromatic nitrogens is 2. The zero-order valence-corrected chi connectivity index (χ0v) is 13.4. The van der Waals surface area contributed by atoms with E-state index in [1.807, 2.05) is 31.2 Å². The van der Waals surface area contributed by atoms with Gasteiger partial charge in [0.25, 0.3) is 0 Å². The number of fused-ring (bicyclic) bond motifs is 1. The number of aryl methyl sites for hydroxylation is 1. The van der Waals surface area contributed by atoms with Crippen LogP contribution in [0.25, 0.3) is 11.0 Å². The summed E-state index contributed by atoms with van der Waals surface area (Å²) in [4.78, 5) is 16.7. The van der Waals surface area contributed by atoms with Gasteiger partial charge in [0.15, 0.2) is 0 Å². The van der Waals surface area contributed by atoms with Crippen LogP contribution >= 0.6 is 0 Å². The highest BCUT2D eigenvalue weighted by Crippen LogP contribution is 2.18. The van der Waals surface area contributed by atoms with Crippen LogP contribution < -0.4 is 5.32 Å². The summed E-state index contributed by atoms with van der Waals surface area (Å²) in [5, 5.41) is 2.74. The molecule has 4 nitrogen and oxygen atoms in total. The number of nitrogens with one attached hydrogen (secondary N) is 1. The monoisotopic (exact) mass is 329 g/mol. The molecule has 0 saturated heterocycles. The van der Waals surface area contributed by atoms with E-state index in [-0.39, 0.29) is 18.0 Å². The maximum Gasteiger partial charge on any atom is 0.240 e. The molecule has 0 aliphatic carbocycles. The Labute approximate surface area is 138 Å². The molecule has 0 aliphatic rings. The smallest absolute Gasteiger partial charge is 0.240 e. The van der Waals surface area contributed by atoms with Gasteiger partial charge in [0.05, 0.1) is 17.1 Å². The number of rotatable bonds is 4. The summed E-state index contributed by atoms with van der Waals surface area (Å²) in [7, 11) is 0. The molecule has 1 aromatic heterocycles. The third-order valence-corrected chi connectivity index (χ3v) is 3.95. The van der Waals surface area contributed by atoms with Gasteiger partial charge in [-0.05, 0) is 32.0 Å². The van der Waals surface area contributed by atoms with Crippen LogP contribution in [0.2, 0.25) is 0 Å². The summed E-state index contributed by atoms with van der Waals surface area (Å²) in [5.41, 5.74) is 1.93. The first-order valence-corrected chi connectivity index (χ1v) is 7.62. The standard InChI is InChI=1S/C18H17F2N3O/c1-11(14-8-7-13(19)9-15(14)20)21-18(24)10-23-12(2)22-16-5-3-4-6-17(16)23/h3-9,11H,10H2,1-2H3,(H,21,24). The number of imidazole rings is 1. The number of hydrogen-bond acceptors (Lipinski definition) is 2. The highest BCUT2D eigenvalue weighted by Gasteiger charge is 2.16. The largest absolute Gasteiger partial charge is 0.348 e. The lowest BCUT2D eigenvalue weighted by molar-refractivity contribution is -0.122. The second kappa shape index (κ2) is 6.39. The molecular weight excluding hydrogens is 312 g/mol. The molecule has 124 valence electrons. The van der Waals surface area contributed by atoms with E-state index in [0.29, 0.717) is 0 Å². The Morgan fingerprint density at radius 1 is 1.25 bits per heavy atom. The van der Waals surface area contributed by atoms with E-state index in [4.69, 9.17) is 0 Å². The van der Waals surface area contributed by atoms with Crippen molar-refractivity contribution in [1.29, 1.82) is 0 Å². The number of amides is 1. The van der Waals surface area contributed by atoms with Gasteiger partial charge in [-0.1, -0.05) is 18.2 Å². The Kier molecular flexibility index (Phi) is 4.29. The quantitative estimate of drug-likeness (QED) is 0.796. The van der Waals surface area contributed by atoms with Crippen LogP contribution in [0.3, 0.4) is 0 Å². The lowest BCUT2D eigenvalue weighted by Gasteiger charge is -2.16. The molecule has 3 aromatic rings. The average Bonchev–Trinajstić information content (AvgIpc) is 2.83. The van der Waals surface area contributed by atoms with Crippen molar-refractivity contribution in [2.45, 2.75) is 26.4 Å². The molecule has 3 rings (SSSR count). The third kappa shape index (κ3) is 3.13. The minimum Gasteiger partial charge on any atom is -0.348 e. The van der Waals surface area contributed by atoms with Crippen LogP contribution in [0.4, 0.5) is 8.78 Å². The van der Waals surface area contributed by atoms with Gasteiger partial charge in [0.2, 0.25) is 5.91 Å². The van der Waals surface area contributed by atoms with E-state index in [9.17, 15) is 13.6 Å². The maximum atomic E-state index is 13.8. The first kappa shape index (κ1) is 16.1. The van der Waals surface area contributed by atoms with Crippen LogP contribution in [0.15, 0.2) is 42.5 Å². The lowest BCUT2D eigenvalue weighted by atomic mass is 10.1. The van der Waals surface area contributed by atoms with E-state index >= 15 is 0 Å². The fourth-order valence-corrected chi connectivity index (χ4v) is 2.76. The van der Waals surface area contributed by atoms with Gasteiger partial charge in [-0.3, -0.25) is 4.79 Å². The first-order chi connectivity index (χ1) is 11.5. The minimum absolute atomic E-state index is 0.0828. The molecule has 24 heavy (non-hydrogen) atoms. The number of nitrogens with zero attached hydrogens (tertiary/aromatic N) is 2. The average molecular weight is 329 g/mol. The van der Waals surface area contributed by atoms with Crippen molar-refractivity contribution < 1.29 is 13.6 Å². The number of benzene rings is 2. The topological polar surface area (TPSA) is 46.9 Å². The minimum atomic E-state index is -0.674. The third-order valence-electron chi connectivity index (χ3n) is 3.95. The van der Waals surface area contributed by atoms with Gasteiger partial charge < -0.3 is 9.88 Å². The van der Waals surface area contributed by atoms with E-state index in [1.54, 1.807) is 11.5 Å². The van der Waals surface area contributed by atoms with Gasteiger partial charge in [-0.2, -0.15) is 0 Å². The molecule has 1 unspecified atom stereocenters. The normalized spacial score (nSPS) is 12.3. The zero-order chi connectivity index (χ0) is 17.3. The maximum absolute atomic E-state index is 13.8. The molecule has 0 spiro atoms. The molecule has 1 N–H and O–H groups in total. The van der Waals surface area contributed by atoms with Crippen molar-refractivity contribution >= 4 is 16.9 Å². The van der Waals surface area contributed by atoms with Gasteiger partial charge in [-0.15, -0.1) is 0 Å². The zero-order valence-electron chi connectivity index (χ0n) is 13.4. The van der Waals surface area contributed by atoms with E-state index in [2.05, 4.69) is 10.3 Å². The van der Waals surface area contributed by atoms with Crippen LogP contribution in [-0.4, -0.2) is 15.5 Å². The van der Waals surface area contributed by atoms with Crippen molar-refractivity contribution in [2.75, 3.05) is 0 Å². The Morgan fingerprint density at radius 2 is 2.00 bits per heavy atom. The molecule has 0 fully saturated rings. The Hall–Kier alpha value is -2.76. The molecule has 2 aromatic carbocycles. The van der Waals surface area contributed by atoms with E-state index in [1.165, 1.54) is 12.1 Å². The fraction of sp³-hybridized carbons (Fsp3) is 0.222. The molecule has 0 aliphatic heterocycles. The molecule has 0 saturated carbocycles. The molecule has 6 heteroatoms. The molecule has 1 heterocycles. The Balaban J connectivity index is 1.76. The number of carbonyl (C=O) groups is 1.